The minimum Gasteiger partial charge on any atom is -0.496 e. The molecular formula is C14H12Cl2FNO. The first-order valence-corrected chi connectivity index (χ1v) is 6.32. The first-order valence-electron chi connectivity index (χ1n) is 5.57. The third kappa shape index (κ3) is 3.00. The van der Waals surface area contributed by atoms with E-state index in [4.69, 9.17) is 33.7 Å². The van der Waals surface area contributed by atoms with E-state index >= 15 is 0 Å². The fourth-order valence-electron chi connectivity index (χ4n) is 1.87. The summed E-state index contributed by atoms with van der Waals surface area (Å²) in [5, 5.41) is 0.932. The molecule has 0 aliphatic carbocycles. The molecule has 1 atom stereocenters. The molecule has 0 heterocycles. The quantitative estimate of drug-likeness (QED) is 0.922. The highest BCUT2D eigenvalue weighted by Gasteiger charge is 2.18. The van der Waals surface area contributed by atoms with Crippen molar-refractivity contribution in [2.24, 2.45) is 5.73 Å². The summed E-state index contributed by atoms with van der Waals surface area (Å²) < 4.78 is 19.0. The number of hydrogen-bond acceptors (Lipinski definition) is 2. The van der Waals surface area contributed by atoms with Crippen LogP contribution in [0, 0.1) is 5.82 Å². The molecule has 5 heteroatoms. The highest BCUT2D eigenvalue weighted by atomic mass is 35.5. The summed E-state index contributed by atoms with van der Waals surface area (Å²) in [5.74, 6) is 0.134. The van der Waals surface area contributed by atoms with E-state index < -0.39 is 11.9 Å². The Labute approximate surface area is 120 Å². The summed E-state index contributed by atoms with van der Waals surface area (Å²) >= 11 is 11.8. The monoisotopic (exact) mass is 299 g/mol. The van der Waals surface area contributed by atoms with Gasteiger partial charge in [0.15, 0.2) is 0 Å². The fourth-order valence-corrected chi connectivity index (χ4v) is 2.23. The van der Waals surface area contributed by atoms with Gasteiger partial charge in [0.2, 0.25) is 0 Å². The molecule has 0 fully saturated rings. The predicted octanol–water partition coefficient (Wildman–Crippen LogP) is 4.19. The van der Waals surface area contributed by atoms with Gasteiger partial charge in [0.05, 0.1) is 13.2 Å². The Bertz CT molecular complexity index is 604. The van der Waals surface area contributed by atoms with Gasteiger partial charge in [-0.05, 0) is 36.4 Å². The molecule has 2 aromatic carbocycles. The zero-order chi connectivity index (χ0) is 14.0. The van der Waals surface area contributed by atoms with Gasteiger partial charge in [0.1, 0.15) is 11.6 Å². The Hall–Kier alpha value is -1.29. The molecule has 0 spiro atoms. The number of halogens is 3. The summed E-state index contributed by atoms with van der Waals surface area (Å²) in [6.45, 7) is 0. The van der Waals surface area contributed by atoms with Crippen molar-refractivity contribution in [3.63, 3.8) is 0 Å². The molecule has 2 nitrogen and oxygen atoms in total. The highest BCUT2D eigenvalue weighted by Crippen LogP contribution is 2.32. The normalized spacial score (nSPS) is 12.3. The van der Waals surface area contributed by atoms with E-state index in [9.17, 15) is 4.39 Å². The number of methoxy groups -OCH3 is 1. The van der Waals surface area contributed by atoms with Crippen LogP contribution >= 0.6 is 23.2 Å². The van der Waals surface area contributed by atoms with E-state index in [1.165, 1.54) is 25.3 Å². The lowest BCUT2D eigenvalue weighted by Gasteiger charge is -2.17. The van der Waals surface area contributed by atoms with Gasteiger partial charge in [0, 0.05) is 21.2 Å². The summed E-state index contributed by atoms with van der Waals surface area (Å²) in [4.78, 5) is 0. The second kappa shape index (κ2) is 5.78. The lowest BCUT2D eigenvalue weighted by atomic mass is 9.98. The molecule has 100 valence electrons. The van der Waals surface area contributed by atoms with Crippen molar-refractivity contribution in [2.75, 3.05) is 7.11 Å². The van der Waals surface area contributed by atoms with Crippen LogP contribution in [0.5, 0.6) is 5.75 Å². The van der Waals surface area contributed by atoms with Crippen molar-refractivity contribution in [1.29, 1.82) is 0 Å². The maximum atomic E-state index is 13.8. The number of benzene rings is 2. The first-order chi connectivity index (χ1) is 9.02. The van der Waals surface area contributed by atoms with E-state index in [0.717, 1.165) is 0 Å². The molecule has 0 aliphatic heterocycles. The zero-order valence-electron chi connectivity index (χ0n) is 10.2. The van der Waals surface area contributed by atoms with Crippen LogP contribution in [0.1, 0.15) is 17.2 Å². The van der Waals surface area contributed by atoms with Crippen LogP contribution in [0.2, 0.25) is 10.0 Å². The van der Waals surface area contributed by atoms with Crippen LogP contribution in [0.3, 0.4) is 0 Å². The van der Waals surface area contributed by atoms with Crippen LogP contribution in [0.15, 0.2) is 36.4 Å². The van der Waals surface area contributed by atoms with E-state index in [1.54, 1.807) is 18.2 Å². The van der Waals surface area contributed by atoms with Crippen molar-refractivity contribution < 1.29 is 9.13 Å². The third-order valence-electron chi connectivity index (χ3n) is 2.82. The Kier molecular flexibility index (Phi) is 4.30. The van der Waals surface area contributed by atoms with Gasteiger partial charge in [-0.2, -0.15) is 0 Å². The van der Waals surface area contributed by atoms with Gasteiger partial charge in [-0.15, -0.1) is 0 Å². The van der Waals surface area contributed by atoms with Gasteiger partial charge >= 0.3 is 0 Å². The standard InChI is InChI=1S/C14H12Cl2FNO/c1-19-13-5-3-9(16)7-11(13)14(18)10-6-8(15)2-4-12(10)17/h2-7,14H,18H2,1H3. The molecule has 2 N–H and O–H groups in total. The van der Waals surface area contributed by atoms with E-state index in [0.29, 0.717) is 26.9 Å². The number of ether oxygens (including phenoxy) is 1. The van der Waals surface area contributed by atoms with Gasteiger partial charge in [-0.25, -0.2) is 4.39 Å². The lowest BCUT2D eigenvalue weighted by Crippen LogP contribution is -2.14. The molecule has 0 aliphatic rings. The van der Waals surface area contributed by atoms with Crippen molar-refractivity contribution in [3.8, 4) is 5.75 Å². The molecule has 19 heavy (non-hydrogen) atoms. The molecule has 2 rings (SSSR count). The van der Waals surface area contributed by atoms with Crippen molar-refractivity contribution >= 4 is 23.2 Å². The third-order valence-corrected chi connectivity index (χ3v) is 3.29. The van der Waals surface area contributed by atoms with Crippen LogP contribution in [-0.4, -0.2) is 7.11 Å². The lowest BCUT2D eigenvalue weighted by molar-refractivity contribution is 0.407. The minimum atomic E-state index is -0.702. The first kappa shape index (κ1) is 14.1. The molecule has 0 aromatic heterocycles. The fraction of sp³-hybridized carbons (Fsp3) is 0.143. The smallest absolute Gasteiger partial charge is 0.128 e. The number of nitrogens with two attached hydrogens (primary N) is 1. The van der Waals surface area contributed by atoms with Crippen molar-refractivity contribution in [2.45, 2.75) is 6.04 Å². The van der Waals surface area contributed by atoms with Gasteiger partial charge in [0.25, 0.3) is 0 Å². The summed E-state index contributed by atoms with van der Waals surface area (Å²) in [6.07, 6.45) is 0. The second-order valence-electron chi connectivity index (χ2n) is 4.03. The van der Waals surface area contributed by atoms with E-state index in [1.807, 2.05) is 0 Å². The summed E-state index contributed by atoms with van der Waals surface area (Å²) in [7, 11) is 1.52. The molecule has 1 unspecified atom stereocenters. The molecule has 2 aromatic rings. The molecule has 0 bridgehead atoms. The van der Waals surface area contributed by atoms with Crippen LogP contribution < -0.4 is 10.5 Å². The van der Waals surface area contributed by atoms with Gasteiger partial charge in [-0.1, -0.05) is 23.2 Å². The number of rotatable bonds is 3. The number of hydrogen-bond donors (Lipinski definition) is 1. The van der Waals surface area contributed by atoms with Gasteiger partial charge < -0.3 is 10.5 Å². The van der Waals surface area contributed by atoms with Crippen LogP contribution in [-0.2, 0) is 0 Å². The summed E-state index contributed by atoms with van der Waals surface area (Å²) in [6, 6.07) is 8.60. The van der Waals surface area contributed by atoms with Crippen LogP contribution in [0.25, 0.3) is 0 Å². The average molecular weight is 300 g/mol. The second-order valence-corrected chi connectivity index (χ2v) is 4.90. The Balaban J connectivity index is 2.51. The summed E-state index contributed by atoms with van der Waals surface area (Å²) in [5.41, 5.74) is 7.00. The van der Waals surface area contributed by atoms with Crippen molar-refractivity contribution in [1.82, 2.24) is 0 Å². The molecule has 0 saturated heterocycles. The predicted molar refractivity (Wildman–Crippen MR) is 75.4 cm³/mol. The SMILES string of the molecule is COc1ccc(Cl)cc1C(N)c1cc(Cl)ccc1F. The van der Waals surface area contributed by atoms with Crippen molar-refractivity contribution in [3.05, 3.63) is 63.4 Å². The molecular weight excluding hydrogens is 288 g/mol. The molecule has 0 saturated carbocycles. The Morgan fingerprint density at radius 3 is 2.26 bits per heavy atom. The van der Waals surface area contributed by atoms with E-state index in [2.05, 4.69) is 0 Å². The minimum absolute atomic E-state index is 0.299. The van der Waals surface area contributed by atoms with E-state index in [-0.39, 0.29) is 0 Å². The van der Waals surface area contributed by atoms with Gasteiger partial charge in [-0.3, -0.25) is 0 Å². The molecule has 0 amide bonds. The van der Waals surface area contributed by atoms with Crippen LogP contribution in [0.4, 0.5) is 4.39 Å². The highest BCUT2D eigenvalue weighted by molar-refractivity contribution is 6.31. The Morgan fingerprint density at radius 2 is 1.63 bits per heavy atom. The largest absolute Gasteiger partial charge is 0.496 e. The maximum absolute atomic E-state index is 13.8. The average Bonchev–Trinajstić information content (AvgIpc) is 2.40. The Morgan fingerprint density at radius 1 is 1.05 bits per heavy atom. The zero-order valence-corrected chi connectivity index (χ0v) is 11.7. The topological polar surface area (TPSA) is 35.2 Å². The molecule has 0 radical (unpaired) electrons. The maximum Gasteiger partial charge on any atom is 0.128 e.